The molecule has 1 aliphatic heterocycles. The maximum atomic E-state index is 14.7. The van der Waals surface area contributed by atoms with E-state index in [0.717, 1.165) is 16.8 Å². The van der Waals surface area contributed by atoms with E-state index in [1.807, 2.05) is 30.3 Å². The van der Waals surface area contributed by atoms with Crippen LogP contribution in [0.2, 0.25) is 0 Å². The van der Waals surface area contributed by atoms with E-state index < -0.39 is 5.82 Å². The molecule has 6 nitrogen and oxygen atoms in total. The fourth-order valence-corrected chi connectivity index (χ4v) is 3.16. The van der Waals surface area contributed by atoms with Crippen molar-refractivity contribution in [1.82, 2.24) is 20.4 Å². The lowest BCUT2D eigenvalue weighted by Gasteiger charge is -2.08. The van der Waals surface area contributed by atoms with Gasteiger partial charge in [-0.05, 0) is 23.8 Å². The SMILES string of the molecule is N#CN1Cc2[nH]nc(-c3ccc(C(=O)NCc4ccccc4)cc3F)c2C1. The number of fused-ring (bicyclic) bond motifs is 1. The van der Waals surface area contributed by atoms with Gasteiger partial charge in [0.1, 0.15) is 11.5 Å². The second kappa shape index (κ2) is 6.92. The highest BCUT2D eigenvalue weighted by Crippen LogP contribution is 2.32. The van der Waals surface area contributed by atoms with Gasteiger partial charge in [0.25, 0.3) is 5.91 Å². The number of carbonyl (C=O) groups is 1. The molecule has 134 valence electrons. The van der Waals surface area contributed by atoms with Crippen LogP contribution >= 0.6 is 0 Å². The molecule has 1 aromatic heterocycles. The van der Waals surface area contributed by atoms with Gasteiger partial charge in [-0.25, -0.2) is 4.39 Å². The van der Waals surface area contributed by atoms with Crippen molar-refractivity contribution in [2.24, 2.45) is 0 Å². The van der Waals surface area contributed by atoms with Crippen molar-refractivity contribution in [1.29, 1.82) is 5.26 Å². The number of nitriles is 1. The van der Waals surface area contributed by atoms with Crippen molar-refractivity contribution < 1.29 is 9.18 Å². The molecule has 2 heterocycles. The van der Waals surface area contributed by atoms with Gasteiger partial charge >= 0.3 is 0 Å². The number of H-pyrrole nitrogens is 1. The first kappa shape index (κ1) is 16.8. The summed E-state index contributed by atoms with van der Waals surface area (Å²) in [5, 5.41) is 18.9. The lowest BCUT2D eigenvalue weighted by molar-refractivity contribution is 0.0950. The number of aromatic nitrogens is 2. The zero-order chi connectivity index (χ0) is 18.8. The van der Waals surface area contributed by atoms with Crippen LogP contribution in [0.4, 0.5) is 4.39 Å². The molecule has 4 rings (SSSR count). The number of hydrogen-bond acceptors (Lipinski definition) is 4. The van der Waals surface area contributed by atoms with Crippen LogP contribution in [0.3, 0.4) is 0 Å². The fourth-order valence-electron chi connectivity index (χ4n) is 3.16. The Morgan fingerprint density at radius 1 is 1.26 bits per heavy atom. The van der Waals surface area contributed by atoms with Gasteiger partial charge < -0.3 is 10.2 Å². The van der Waals surface area contributed by atoms with Gasteiger partial charge in [0.15, 0.2) is 6.19 Å². The Morgan fingerprint density at radius 2 is 2.07 bits per heavy atom. The van der Waals surface area contributed by atoms with E-state index in [1.165, 1.54) is 6.07 Å². The Hall–Kier alpha value is -3.66. The highest BCUT2D eigenvalue weighted by molar-refractivity contribution is 5.94. The molecule has 0 atom stereocenters. The molecule has 0 bridgehead atoms. The molecule has 2 N–H and O–H groups in total. The molecule has 3 aromatic rings. The quantitative estimate of drug-likeness (QED) is 0.700. The molecule has 0 spiro atoms. The number of hydrogen-bond donors (Lipinski definition) is 2. The fraction of sp³-hybridized carbons (Fsp3) is 0.150. The minimum atomic E-state index is -0.521. The third-order valence-corrected chi connectivity index (χ3v) is 4.57. The van der Waals surface area contributed by atoms with Crippen LogP contribution < -0.4 is 5.32 Å². The average Bonchev–Trinajstić information content (AvgIpc) is 3.27. The maximum absolute atomic E-state index is 14.7. The van der Waals surface area contributed by atoms with Gasteiger partial charge in [0, 0.05) is 23.2 Å². The summed E-state index contributed by atoms with van der Waals surface area (Å²) in [6.07, 6.45) is 2.08. The first-order valence-corrected chi connectivity index (χ1v) is 8.48. The summed E-state index contributed by atoms with van der Waals surface area (Å²) >= 11 is 0. The van der Waals surface area contributed by atoms with E-state index in [1.54, 1.807) is 17.0 Å². The van der Waals surface area contributed by atoms with E-state index >= 15 is 0 Å². The Morgan fingerprint density at radius 3 is 2.81 bits per heavy atom. The van der Waals surface area contributed by atoms with Crippen molar-refractivity contribution in [3.05, 3.63) is 76.7 Å². The number of aromatic amines is 1. The van der Waals surface area contributed by atoms with Crippen LogP contribution in [0.1, 0.15) is 27.2 Å². The molecular formula is C20H16FN5O. The maximum Gasteiger partial charge on any atom is 0.251 e. The third kappa shape index (κ3) is 3.25. The lowest BCUT2D eigenvalue weighted by atomic mass is 10.0. The summed E-state index contributed by atoms with van der Waals surface area (Å²) in [5.74, 6) is -0.862. The normalized spacial score (nSPS) is 12.5. The van der Waals surface area contributed by atoms with Crippen molar-refractivity contribution in [3.8, 4) is 17.5 Å². The largest absolute Gasteiger partial charge is 0.348 e. The smallest absolute Gasteiger partial charge is 0.251 e. The first-order valence-electron chi connectivity index (χ1n) is 8.48. The monoisotopic (exact) mass is 361 g/mol. The van der Waals surface area contributed by atoms with Gasteiger partial charge in [-0.3, -0.25) is 9.89 Å². The molecule has 0 saturated heterocycles. The lowest BCUT2D eigenvalue weighted by Crippen LogP contribution is -2.22. The molecule has 0 saturated carbocycles. The molecular weight excluding hydrogens is 345 g/mol. The summed E-state index contributed by atoms with van der Waals surface area (Å²) in [4.78, 5) is 13.9. The topological polar surface area (TPSA) is 84.8 Å². The van der Waals surface area contributed by atoms with Gasteiger partial charge in [0.05, 0.1) is 18.8 Å². The summed E-state index contributed by atoms with van der Waals surface area (Å²) in [6, 6.07) is 13.9. The zero-order valence-electron chi connectivity index (χ0n) is 14.4. The number of halogens is 1. The number of nitrogens with one attached hydrogen (secondary N) is 2. The predicted octanol–water partition coefficient (Wildman–Crippen LogP) is 2.94. The van der Waals surface area contributed by atoms with Crippen LogP contribution in [-0.2, 0) is 19.6 Å². The third-order valence-electron chi connectivity index (χ3n) is 4.57. The average molecular weight is 361 g/mol. The summed E-state index contributed by atoms with van der Waals surface area (Å²) in [7, 11) is 0. The number of rotatable bonds is 4. The Kier molecular flexibility index (Phi) is 4.30. The van der Waals surface area contributed by atoms with Gasteiger partial charge in [-0.2, -0.15) is 10.4 Å². The minimum Gasteiger partial charge on any atom is -0.348 e. The number of nitrogens with zero attached hydrogens (tertiary/aromatic N) is 3. The first-order chi connectivity index (χ1) is 13.2. The van der Waals surface area contributed by atoms with Crippen LogP contribution in [0.25, 0.3) is 11.3 Å². The van der Waals surface area contributed by atoms with Gasteiger partial charge in [0.2, 0.25) is 0 Å². The van der Waals surface area contributed by atoms with Crippen molar-refractivity contribution in [3.63, 3.8) is 0 Å². The molecule has 27 heavy (non-hydrogen) atoms. The van der Waals surface area contributed by atoms with E-state index in [9.17, 15) is 9.18 Å². The van der Waals surface area contributed by atoms with Crippen molar-refractivity contribution in [2.75, 3.05) is 0 Å². The van der Waals surface area contributed by atoms with Crippen molar-refractivity contribution in [2.45, 2.75) is 19.6 Å². The molecule has 0 fully saturated rings. The Balaban J connectivity index is 1.52. The molecule has 2 aromatic carbocycles. The molecule has 0 radical (unpaired) electrons. The van der Waals surface area contributed by atoms with E-state index in [-0.39, 0.29) is 11.5 Å². The van der Waals surface area contributed by atoms with Gasteiger partial charge in [-0.1, -0.05) is 30.3 Å². The zero-order valence-corrected chi connectivity index (χ0v) is 14.4. The highest BCUT2D eigenvalue weighted by atomic mass is 19.1. The van der Waals surface area contributed by atoms with E-state index in [2.05, 4.69) is 21.7 Å². The number of carbonyl (C=O) groups excluding carboxylic acids is 1. The predicted molar refractivity (Wildman–Crippen MR) is 96.5 cm³/mol. The molecule has 1 amide bonds. The Labute approximate surface area is 155 Å². The van der Waals surface area contributed by atoms with Crippen LogP contribution in [0, 0.1) is 17.3 Å². The highest BCUT2D eigenvalue weighted by Gasteiger charge is 2.26. The molecule has 0 unspecified atom stereocenters. The van der Waals surface area contributed by atoms with E-state index in [0.29, 0.717) is 30.9 Å². The standard InChI is InChI=1S/C20H16FN5O/c21-17-8-14(20(27)23-9-13-4-2-1-3-5-13)6-7-15(17)19-16-10-26(12-22)11-18(16)24-25-19/h1-8H,9-11H2,(H,23,27)(H,24,25). The minimum absolute atomic E-state index is 0.248. The Bertz CT molecular complexity index is 1040. The van der Waals surface area contributed by atoms with Crippen LogP contribution in [0.5, 0.6) is 0 Å². The molecule has 0 aliphatic carbocycles. The molecule has 1 aliphatic rings. The summed E-state index contributed by atoms with van der Waals surface area (Å²) in [5.41, 5.74) is 3.64. The number of amides is 1. The summed E-state index contributed by atoms with van der Waals surface area (Å²) < 4.78 is 14.7. The second-order valence-electron chi connectivity index (χ2n) is 6.35. The second-order valence-corrected chi connectivity index (χ2v) is 6.35. The number of benzene rings is 2. The van der Waals surface area contributed by atoms with Crippen LogP contribution in [-0.4, -0.2) is 21.0 Å². The van der Waals surface area contributed by atoms with Gasteiger partial charge in [-0.15, -0.1) is 0 Å². The van der Waals surface area contributed by atoms with E-state index in [4.69, 9.17) is 5.26 Å². The van der Waals surface area contributed by atoms with Crippen molar-refractivity contribution >= 4 is 5.91 Å². The van der Waals surface area contributed by atoms with Crippen LogP contribution in [0.15, 0.2) is 48.5 Å². The summed E-state index contributed by atoms with van der Waals surface area (Å²) in [6.45, 7) is 1.22. The molecule has 7 heteroatoms.